The molecule has 0 saturated carbocycles. The maximum atomic E-state index is 6.36. The molecule has 6 heteroatoms. The Labute approximate surface area is 111 Å². The third-order valence-electron chi connectivity index (χ3n) is 1.60. The highest BCUT2D eigenvalue weighted by atomic mass is 28.5. The van der Waals surface area contributed by atoms with Crippen molar-refractivity contribution < 1.29 is 8.23 Å². The number of rotatable bonds is 5. The SMILES string of the molecule is CC(C)(C)N[Si](C)(O[Si](C)(C)C)O[Si](C)(C)C. The van der Waals surface area contributed by atoms with Crippen molar-refractivity contribution in [1.29, 1.82) is 0 Å². The largest absolute Gasteiger partial charge is 0.425 e. The summed E-state index contributed by atoms with van der Waals surface area (Å²) in [6.45, 7) is 22.0. The molecule has 0 amide bonds. The lowest BCUT2D eigenvalue weighted by molar-refractivity contribution is 0.329. The van der Waals surface area contributed by atoms with Crippen molar-refractivity contribution in [3.05, 3.63) is 0 Å². The normalized spacial score (nSPS) is 15.2. The van der Waals surface area contributed by atoms with E-state index in [1.54, 1.807) is 0 Å². The fourth-order valence-electron chi connectivity index (χ4n) is 1.92. The van der Waals surface area contributed by atoms with Crippen molar-refractivity contribution in [2.45, 2.75) is 72.1 Å². The molecule has 0 radical (unpaired) electrons. The Morgan fingerprint density at radius 2 is 1.00 bits per heavy atom. The van der Waals surface area contributed by atoms with Crippen molar-refractivity contribution in [3.8, 4) is 0 Å². The van der Waals surface area contributed by atoms with E-state index in [9.17, 15) is 0 Å². The molecule has 3 nitrogen and oxygen atoms in total. The predicted molar refractivity (Wildman–Crippen MR) is 83.4 cm³/mol. The van der Waals surface area contributed by atoms with Gasteiger partial charge in [0.05, 0.1) is 0 Å². The Bertz CT molecular complexity index is 210. The van der Waals surface area contributed by atoms with Crippen LogP contribution in [0.4, 0.5) is 0 Å². The molecular formula is C11H31NO2Si3. The number of nitrogens with one attached hydrogen (secondary N) is 1. The van der Waals surface area contributed by atoms with Crippen molar-refractivity contribution >= 4 is 25.4 Å². The van der Waals surface area contributed by atoms with E-state index in [0.717, 1.165) is 0 Å². The summed E-state index contributed by atoms with van der Waals surface area (Å²) in [5, 5.41) is 0. The van der Waals surface area contributed by atoms with E-state index in [1.807, 2.05) is 0 Å². The van der Waals surface area contributed by atoms with E-state index in [4.69, 9.17) is 8.23 Å². The summed E-state index contributed by atoms with van der Waals surface area (Å²) in [6.07, 6.45) is 0. The first-order chi connectivity index (χ1) is 7.12. The highest BCUT2D eigenvalue weighted by Gasteiger charge is 2.43. The van der Waals surface area contributed by atoms with Gasteiger partial charge in [-0.15, -0.1) is 0 Å². The summed E-state index contributed by atoms with van der Waals surface area (Å²) in [6, 6.07) is 0. The lowest BCUT2D eigenvalue weighted by Gasteiger charge is -2.42. The molecule has 0 aliphatic carbocycles. The van der Waals surface area contributed by atoms with Crippen LogP contribution in [0.2, 0.25) is 45.8 Å². The molecule has 0 bridgehead atoms. The Morgan fingerprint density at radius 3 is 1.18 bits per heavy atom. The van der Waals surface area contributed by atoms with Crippen LogP contribution in [0.15, 0.2) is 0 Å². The summed E-state index contributed by atoms with van der Waals surface area (Å²) < 4.78 is 12.7. The molecule has 0 rings (SSSR count). The third-order valence-corrected chi connectivity index (χ3v) is 10.8. The number of hydrogen-bond donors (Lipinski definition) is 1. The molecule has 0 aliphatic heterocycles. The molecular weight excluding hydrogens is 262 g/mol. The van der Waals surface area contributed by atoms with Crippen LogP contribution in [0.25, 0.3) is 0 Å². The molecule has 0 unspecified atom stereocenters. The monoisotopic (exact) mass is 293 g/mol. The van der Waals surface area contributed by atoms with E-state index < -0.39 is 25.4 Å². The topological polar surface area (TPSA) is 30.5 Å². The molecule has 0 aromatic heterocycles. The fraction of sp³-hybridized carbons (Fsp3) is 1.00. The maximum Gasteiger partial charge on any atom is 0.401 e. The van der Waals surface area contributed by atoms with Crippen LogP contribution in [-0.2, 0) is 8.23 Å². The minimum atomic E-state index is -2.28. The van der Waals surface area contributed by atoms with Gasteiger partial charge in [0.15, 0.2) is 16.6 Å². The molecule has 0 aliphatic rings. The van der Waals surface area contributed by atoms with E-state index in [1.165, 1.54) is 0 Å². The van der Waals surface area contributed by atoms with Crippen molar-refractivity contribution in [2.75, 3.05) is 0 Å². The fourth-order valence-corrected chi connectivity index (χ4v) is 13.6. The van der Waals surface area contributed by atoms with E-state index in [2.05, 4.69) is 71.6 Å². The summed E-state index contributed by atoms with van der Waals surface area (Å²) in [5.74, 6) is 0. The molecule has 0 heterocycles. The van der Waals surface area contributed by atoms with Crippen molar-refractivity contribution in [3.63, 3.8) is 0 Å². The molecule has 0 saturated heterocycles. The third kappa shape index (κ3) is 10.2. The Hall–Kier alpha value is 0.531. The number of hydrogen-bond acceptors (Lipinski definition) is 3. The van der Waals surface area contributed by atoms with E-state index in [-0.39, 0.29) is 5.54 Å². The van der Waals surface area contributed by atoms with Gasteiger partial charge in [-0.2, -0.15) is 0 Å². The quantitative estimate of drug-likeness (QED) is 0.785. The molecule has 104 valence electrons. The first kappa shape index (κ1) is 17.5. The van der Waals surface area contributed by atoms with Gasteiger partial charge >= 0.3 is 8.72 Å². The zero-order valence-corrected chi connectivity index (χ0v) is 16.3. The van der Waals surface area contributed by atoms with Crippen LogP contribution in [-0.4, -0.2) is 30.9 Å². The van der Waals surface area contributed by atoms with Crippen molar-refractivity contribution in [2.24, 2.45) is 0 Å². The Balaban J connectivity index is 4.95. The van der Waals surface area contributed by atoms with Gasteiger partial charge in [0.25, 0.3) is 0 Å². The van der Waals surface area contributed by atoms with E-state index >= 15 is 0 Å². The van der Waals surface area contributed by atoms with Gasteiger partial charge in [-0.1, -0.05) is 0 Å². The average molecular weight is 294 g/mol. The van der Waals surface area contributed by atoms with Crippen LogP contribution in [0.1, 0.15) is 20.8 Å². The van der Waals surface area contributed by atoms with Gasteiger partial charge in [0.1, 0.15) is 0 Å². The Kier molecular flexibility index (Phi) is 5.42. The summed E-state index contributed by atoms with van der Waals surface area (Å²) >= 11 is 0. The second-order valence-electron chi connectivity index (χ2n) is 7.75. The lowest BCUT2D eigenvalue weighted by atomic mass is 10.1. The van der Waals surface area contributed by atoms with Crippen LogP contribution in [0.5, 0.6) is 0 Å². The first-order valence-electron chi connectivity index (χ1n) is 6.32. The van der Waals surface area contributed by atoms with Crippen LogP contribution in [0, 0.1) is 0 Å². The highest BCUT2D eigenvalue weighted by Crippen LogP contribution is 2.20. The lowest BCUT2D eigenvalue weighted by Crippen LogP contribution is -2.66. The standard InChI is InChI=1S/C11H31NO2Si3/c1-11(2,3)12-17(10,13-15(4,5)6)14-16(7,8)9/h12H,1-10H3. The highest BCUT2D eigenvalue weighted by molar-refractivity contribution is 6.86. The van der Waals surface area contributed by atoms with Crippen LogP contribution >= 0.6 is 0 Å². The van der Waals surface area contributed by atoms with Gasteiger partial charge < -0.3 is 8.23 Å². The molecule has 0 spiro atoms. The van der Waals surface area contributed by atoms with Crippen molar-refractivity contribution in [1.82, 2.24) is 4.98 Å². The summed E-state index contributed by atoms with van der Waals surface area (Å²) in [4.78, 5) is 3.61. The van der Waals surface area contributed by atoms with Gasteiger partial charge in [-0.05, 0) is 66.6 Å². The van der Waals surface area contributed by atoms with Gasteiger partial charge in [0.2, 0.25) is 0 Å². The molecule has 0 aromatic rings. The Morgan fingerprint density at radius 1 is 0.706 bits per heavy atom. The maximum absolute atomic E-state index is 6.36. The zero-order valence-electron chi connectivity index (χ0n) is 13.3. The molecule has 1 N–H and O–H groups in total. The second kappa shape index (κ2) is 5.26. The smallest absolute Gasteiger partial charge is 0.401 e. The van der Waals surface area contributed by atoms with Gasteiger partial charge in [0, 0.05) is 5.54 Å². The van der Waals surface area contributed by atoms with Crippen LogP contribution < -0.4 is 4.98 Å². The molecule has 0 atom stereocenters. The second-order valence-corrected chi connectivity index (χ2v) is 20.0. The summed E-state index contributed by atoms with van der Waals surface area (Å²) in [7, 11) is -5.47. The average Bonchev–Trinajstić information content (AvgIpc) is 1.65. The van der Waals surface area contributed by atoms with E-state index in [0.29, 0.717) is 0 Å². The van der Waals surface area contributed by atoms with Crippen LogP contribution in [0.3, 0.4) is 0 Å². The minimum absolute atomic E-state index is 0.0280. The molecule has 0 fully saturated rings. The predicted octanol–water partition coefficient (Wildman–Crippen LogP) is 3.65. The van der Waals surface area contributed by atoms with Gasteiger partial charge in [-0.25, -0.2) is 0 Å². The molecule has 17 heavy (non-hydrogen) atoms. The summed E-state index contributed by atoms with van der Waals surface area (Å²) in [5.41, 5.74) is 0.0280. The molecule has 0 aromatic carbocycles. The zero-order chi connectivity index (χ0) is 14.1. The minimum Gasteiger partial charge on any atom is -0.425 e. The van der Waals surface area contributed by atoms with Gasteiger partial charge in [-0.3, -0.25) is 4.98 Å². The first-order valence-corrected chi connectivity index (χ1v) is 15.4.